The van der Waals surface area contributed by atoms with Gasteiger partial charge in [0.2, 0.25) is 0 Å². The van der Waals surface area contributed by atoms with Gasteiger partial charge >= 0.3 is 6.36 Å². The Morgan fingerprint density at radius 2 is 1.95 bits per heavy atom. The fourth-order valence-corrected chi connectivity index (χ4v) is 1.72. The molecule has 0 radical (unpaired) electrons. The van der Waals surface area contributed by atoms with Crippen molar-refractivity contribution in [3.8, 4) is 17.0 Å². The zero-order valence-electron chi connectivity index (χ0n) is 10.5. The quantitative estimate of drug-likeness (QED) is 0.809. The van der Waals surface area contributed by atoms with Crippen LogP contribution in [0.25, 0.3) is 11.3 Å². The second-order valence-electron chi connectivity index (χ2n) is 3.98. The Kier molecular flexibility index (Phi) is 3.78. The average Bonchev–Trinajstić information content (AvgIpc) is 2.81. The first kappa shape index (κ1) is 14.1. The van der Waals surface area contributed by atoms with Gasteiger partial charge in [0.05, 0.1) is 5.56 Å². The van der Waals surface area contributed by atoms with Crippen LogP contribution >= 0.6 is 0 Å². The lowest BCUT2D eigenvalue weighted by molar-refractivity contribution is -0.274. The van der Waals surface area contributed by atoms with Crippen LogP contribution in [0.3, 0.4) is 0 Å². The van der Waals surface area contributed by atoms with Crippen molar-refractivity contribution >= 4 is 6.29 Å². The molecule has 0 N–H and O–H groups in total. The van der Waals surface area contributed by atoms with Gasteiger partial charge in [0.15, 0.2) is 6.29 Å². The summed E-state index contributed by atoms with van der Waals surface area (Å²) in [5.41, 5.74) is 1.37. The average molecular weight is 284 g/mol. The zero-order chi connectivity index (χ0) is 14.8. The van der Waals surface area contributed by atoms with Crippen LogP contribution in [-0.2, 0) is 6.54 Å². The molecule has 1 heterocycles. The lowest BCUT2D eigenvalue weighted by Crippen LogP contribution is -2.16. The molecule has 0 amide bonds. The Morgan fingerprint density at radius 3 is 2.45 bits per heavy atom. The van der Waals surface area contributed by atoms with Crippen molar-refractivity contribution in [2.75, 3.05) is 0 Å². The van der Waals surface area contributed by atoms with E-state index in [2.05, 4.69) is 9.84 Å². The first-order valence-corrected chi connectivity index (χ1v) is 5.81. The summed E-state index contributed by atoms with van der Waals surface area (Å²) in [6.07, 6.45) is -2.48. The molecule has 0 saturated carbocycles. The van der Waals surface area contributed by atoms with E-state index >= 15 is 0 Å². The first-order valence-electron chi connectivity index (χ1n) is 5.81. The number of benzene rings is 1. The highest BCUT2D eigenvalue weighted by Crippen LogP contribution is 2.27. The maximum Gasteiger partial charge on any atom is 0.573 e. The number of aldehydes is 1. The van der Waals surface area contributed by atoms with E-state index in [1.165, 1.54) is 24.3 Å². The molecule has 1 aromatic heterocycles. The van der Waals surface area contributed by atoms with Gasteiger partial charge in [-0.15, -0.1) is 13.2 Å². The number of nitrogens with zero attached hydrogens (tertiary/aromatic N) is 2. The number of carbonyl (C=O) groups excluding carboxylic acids is 1. The molecule has 2 rings (SSSR count). The van der Waals surface area contributed by atoms with Crippen molar-refractivity contribution in [2.24, 2.45) is 0 Å². The number of hydrogen-bond donors (Lipinski definition) is 0. The fourth-order valence-electron chi connectivity index (χ4n) is 1.72. The monoisotopic (exact) mass is 284 g/mol. The highest BCUT2D eigenvalue weighted by Gasteiger charge is 2.31. The van der Waals surface area contributed by atoms with Gasteiger partial charge in [-0.2, -0.15) is 5.10 Å². The van der Waals surface area contributed by atoms with Crippen molar-refractivity contribution in [1.82, 2.24) is 9.78 Å². The van der Waals surface area contributed by atoms with Crippen molar-refractivity contribution in [3.63, 3.8) is 0 Å². The molecular formula is C13H11F3N2O2. The summed E-state index contributed by atoms with van der Waals surface area (Å²) in [7, 11) is 0. The largest absolute Gasteiger partial charge is 0.573 e. The van der Waals surface area contributed by atoms with Crippen LogP contribution in [0, 0.1) is 0 Å². The maximum absolute atomic E-state index is 12.0. The number of ether oxygens (including phenoxy) is 1. The van der Waals surface area contributed by atoms with Crippen molar-refractivity contribution in [2.45, 2.75) is 19.8 Å². The van der Waals surface area contributed by atoms with Gasteiger partial charge in [0, 0.05) is 18.3 Å². The number of aromatic nitrogens is 2. The second kappa shape index (κ2) is 5.36. The molecule has 2 aromatic rings. The predicted molar refractivity (Wildman–Crippen MR) is 65.4 cm³/mol. The molecule has 1 aromatic carbocycles. The van der Waals surface area contributed by atoms with Gasteiger partial charge in [-0.05, 0) is 31.2 Å². The maximum atomic E-state index is 12.0. The van der Waals surface area contributed by atoms with Gasteiger partial charge in [0.1, 0.15) is 11.4 Å². The van der Waals surface area contributed by atoms with Crippen LogP contribution in [0.15, 0.2) is 30.5 Å². The van der Waals surface area contributed by atoms with Gasteiger partial charge in [0.25, 0.3) is 0 Å². The Morgan fingerprint density at radius 1 is 1.30 bits per heavy atom. The van der Waals surface area contributed by atoms with E-state index in [1.807, 2.05) is 6.92 Å². The summed E-state index contributed by atoms with van der Waals surface area (Å²) in [5, 5.41) is 4.20. The highest BCUT2D eigenvalue weighted by atomic mass is 19.4. The minimum Gasteiger partial charge on any atom is -0.406 e. The van der Waals surface area contributed by atoms with E-state index in [0.29, 0.717) is 29.7 Å². The van der Waals surface area contributed by atoms with Gasteiger partial charge < -0.3 is 4.74 Å². The lowest BCUT2D eigenvalue weighted by atomic mass is 10.1. The van der Waals surface area contributed by atoms with E-state index in [1.54, 1.807) is 10.9 Å². The molecule has 7 heteroatoms. The summed E-state index contributed by atoms with van der Waals surface area (Å²) in [4.78, 5) is 11.0. The normalized spacial score (nSPS) is 11.4. The molecule has 20 heavy (non-hydrogen) atoms. The highest BCUT2D eigenvalue weighted by molar-refractivity contribution is 5.85. The minimum absolute atomic E-state index is 0.316. The van der Waals surface area contributed by atoms with E-state index in [0.717, 1.165) is 0 Å². The van der Waals surface area contributed by atoms with E-state index in [9.17, 15) is 18.0 Å². The number of carbonyl (C=O) groups is 1. The Bertz CT molecular complexity index is 603. The van der Waals surface area contributed by atoms with Crippen LogP contribution < -0.4 is 4.74 Å². The van der Waals surface area contributed by atoms with E-state index in [-0.39, 0.29) is 5.75 Å². The molecule has 4 nitrogen and oxygen atoms in total. The summed E-state index contributed by atoms with van der Waals surface area (Å²) in [6.45, 7) is 2.46. The second-order valence-corrected chi connectivity index (χ2v) is 3.98. The first-order chi connectivity index (χ1) is 9.43. The molecule has 0 spiro atoms. The zero-order valence-corrected chi connectivity index (χ0v) is 10.5. The third-order valence-corrected chi connectivity index (χ3v) is 2.60. The molecule has 106 valence electrons. The SMILES string of the molecule is CCn1cc(C=O)c(-c2ccc(OC(F)(F)F)cc2)n1. The molecular weight excluding hydrogens is 273 g/mol. The van der Waals surface area contributed by atoms with Crippen LogP contribution in [-0.4, -0.2) is 22.4 Å². The van der Waals surface area contributed by atoms with E-state index < -0.39 is 6.36 Å². The molecule has 0 atom stereocenters. The van der Waals surface area contributed by atoms with Crippen LogP contribution in [0.4, 0.5) is 13.2 Å². The van der Waals surface area contributed by atoms with Crippen LogP contribution in [0.1, 0.15) is 17.3 Å². The Labute approximate surface area is 112 Å². The Balaban J connectivity index is 2.30. The standard InChI is InChI=1S/C13H11F3N2O2/c1-2-18-7-10(8-19)12(17-18)9-3-5-11(6-4-9)20-13(14,15)16/h3-8H,2H2,1H3. The molecule has 0 unspecified atom stereocenters. The summed E-state index contributed by atoms with van der Waals surface area (Å²) >= 11 is 0. The number of hydrogen-bond acceptors (Lipinski definition) is 3. The van der Waals surface area contributed by atoms with Crippen molar-refractivity contribution in [3.05, 3.63) is 36.0 Å². The van der Waals surface area contributed by atoms with Crippen LogP contribution in [0.2, 0.25) is 0 Å². The number of rotatable bonds is 4. The van der Waals surface area contributed by atoms with Gasteiger partial charge in [-0.25, -0.2) is 0 Å². The fraction of sp³-hybridized carbons (Fsp3) is 0.231. The molecule has 0 saturated heterocycles. The molecule has 0 fully saturated rings. The van der Waals surface area contributed by atoms with Crippen molar-refractivity contribution in [1.29, 1.82) is 0 Å². The molecule has 0 aliphatic carbocycles. The van der Waals surface area contributed by atoms with E-state index in [4.69, 9.17) is 0 Å². The van der Waals surface area contributed by atoms with Gasteiger partial charge in [-0.3, -0.25) is 9.48 Å². The molecule has 0 bridgehead atoms. The minimum atomic E-state index is -4.72. The smallest absolute Gasteiger partial charge is 0.406 e. The molecule has 0 aliphatic heterocycles. The summed E-state index contributed by atoms with van der Waals surface area (Å²) in [6, 6.07) is 5.22. The van der Waals surface area contributed by atoms with Gasteiger partial charge in [-0.1, -0.05) is 0 Å². The van der Waals surface area contributed by atoms with Crippen molar-refractivity contribution < 1.29 is 22.7 Å². The summed E-state index contributed by atoms with van der Waals surface area (Å²) in [5.74, 6) is -0.316. The predicted octanol–water partition coefficient (Wildman–Crippen LogP) is 3.28. The number of halogens is 3. The Hall–Kier alpha value is -2.31. The lowest BCUT2D eigenvalue weighted by Gasteiger charge is -2.08. The topological polar surface area (TPSA) is 44.1 Å². The molecule has 0 aliphatic rings. The number of aryl methyl sites for hydroxylation is 1. The van der Waals surface area contributed by atoms with Crippen LogP contribution in [0.5, 0.6) is 5.75 Å². The third-order valence-electron chi connectivity index (χ3n) is 2.60. The third kappa shape index (κ3) is 3.17. The number of alkyl halides is 3. The summed E-state index contributed by atoms with van der Waals surface area (Å²) < 4.78 is 41.5.